The van der Waals surface area contributed by atoms with Crippen molar-refractivity contribution in [3.05, 3.63) is 0 Å². The van der Waals surface area contributed by atoms with Crippen LogP contribution in [-0.4, -0.2) is 5.88 Å². The van der Waals surface area contributed by atoms with Crippen molar-refractivity contribution >= 4 is 11.6 Å². The van der Waals surface area contributed by atoms with Gasteiger partial charge in [0.1, 0.15) is 0 Å². The van der Waals surface area contributed by atoms with Crippen LogP contribution < -0.4 is 0 Å². The Labute approximate surface area is 82.7 Å². The van der Waals surface area contributed by atoms with Crippen LogP contribution in [0.25, 0.3) is 0 Å². The van der Waals surface area contributed by atoms with Gasteiger partial charge in [-0.15, -0.1) is 11.6 Å². The normalized spacial score (nSPS) is 14.2. The highest BCUT2D eigenvalue weighted by molar-refractivity contribution is 6.18. The number of hydrogen-bond acceptors (Lipinski definition) is 0. The SMILES string of the molecule is CC(C)CCC(CCl)CC(C)C. The molecule has 0 aromatic carbocycles. The highest BCUT2D eigenvalue weighted by Crippen LogP contribution is 2.20. The van der Waals surface area contributed by atoms with E-state index in [0.29, 0.717) is 0 Å². The molecule has 0 spiro atoms. The van der Waals surface area contributed by atoms with Gasteiger partial charge in [-0.05, 0) is 30.6 Å². The van der Waals surface area contributed by atoms with Gasteiger partial charge in [0, 0.05) is 5.88 Å². The van der Waals surface area contributed by atoms with Crippen LogP contribution in [0.1, 0.15) is 47.0 Å². The largest absolute Gasteiger partial charge is 0.126 e. The van der Waals surface area contributed by atoms with Crippen LogP contribution in [0.2, 0.25) is 0 Å². The molecule has 0 N–H and O–H groups in total. The lowest BCUT2D eigenvalue weighted by atomic mass is 9.92. The fraction of sp³-hybridized carbons (Fsp3) is 1.00. The molecule has 0 radical (unpaired) electrons. The van der Waals surface area contributed by atoms with E-state index in [9.17, 15) is 0 Å². The van der Waals surface area contributed by atoms with E-state index in [2.05, 4.69) is 27.7 Å². The van der Waals surface area contributed by atoms with Crippen molar-refractivity contribution in [2.75, 3.05) is 5.88 Å². The molecule has 1 atom stereocenters. The van der Waals surface area contributed by atoms with Crippen LogP contribution >= 0.6 is 11.6 Å². The Morgan fingerprint density at radius 3 is 1.83 bits per heavy atom. The standard InChI is InChI=1S/C11H23Cl/c1-9(2)5-6-11(8-12)7-10(3)4/h9-11H,5-8H2,1-4H3. The van der Waals surface area contributed by atoms with Crippen LogP contribution in [0.15, 0.2) is 0 Å². The maximum atomic E-state index is 5.90. The molecule has 0 aliphatic heterocycles. The van der Waals surface area contributed by atoms with Gasteiger partial charge in [0.25, 0.3) is 0 Å². The summed E-state index contributed by atoms with van der Waals surface area (Å²) in [6.07, 6.45) is 3.92. The van der Waals surface area contributed by atoms with Crippen molar-refractivity contribution in [2.45, 2.75) is 47.0 Å². The van der Waals surface area contributed by atoms with E-state index in [-0.39, 0.29) is 0 Å². The monoisotopic (exact) mass is 190 g/mol. The van der Waals surface area contributed by atoms with E-state index in [1.54, 1.807) is 0 Å². The topological polar surface area (TPSA) is 0 Å². The maximum absolute atomic E-state index is 5.90. The summed E-state index contributed by atoms with van der Waals surface area (Å²) in [5, 5.41) is 0. The van der Waals surface area contributed by atoms with Crippen LogP contribution in [0.5, 0.6) is 0 Å². The number of halogens is 1. The van der Waals surface area contributed by atoms with Crippen molar-refractivity contribution < 1.29 is 0 Å². The third-order valence-corrected chi connectivity index (χ3v) is 2.61. The molecule has 74 valence electrons. The molecule has 0 aliphatic rings. The van der Waals surface area contributed by atoms with Gasteiger partial charge in [-0.3, -0.25) is 0 Å². The van der Waals surface area contributed by atoms with E-state index in [4.69, 9.17) is 11.6 Å². The molecule has 0 heterocycles. The van der Waals surface area contributed by atoms with Crippen molar-refractivity contribution in [1.82, 2.24) is 0 Å². The quantitative estimate of drug-likeness (QED) is 0.548. The van der Waals surface area contributed by atoms with Crippen LogP contribution in [-0.2, 0) is 0 Å². The van der Waals surface area contributed by atoms with Gasteiger partial charge in [-0.2, -0.15) is 0 Å². The van der Waals surface area contributed by atoms with Gasteiger partial charge in [0.2, 0.25) is 0 Å². The molecule has 0 saturated heterocycles. The lowest BCUT2D eigenvalue weighted by Crippen LogP contribution is -2.07. The smallest absolute Gasteiger partial charge is 0.0251 e. The summed E-state index contributed by atoms with van der Waals surface area (Å²) in [4.78, 5) is 0. The van der Waals surface area contributed by atoms with E-state index in [1.165, 1.54) is 19.3 Å². The lowest BCUT2D eigenvalue weighted by molar-refractivity contribution is 0.384. The molecule has 0 aromatic heterocycles. The highest BCUT2D eigenvalue weighted by atomic mass is 35.5. The molecule has 0 rings (SSSR count). The summed E-state index contributed by atoms with van der Waals surface area (Å²) in [7, 11) is 0. The molecule has 0 saturated carbocycles. The second kappa shape index (κ2) is 6.77. The van der Waals surface area contributed by atoms with Gasteiger partial charge in [-0.25, -0.2) is 0 Å². The van der Waals surface area contributed by atoms with Crippen molar-refractivity contribution in [2.24, 2.45) is 17.8 Å². The minimum absolute atomic E-state index is 0.745. The zero-order chi connectivity index (χ0) is 9.56. The molecular weight excluding hydrogens is 168 g/mol. The summed E-state index contributed by atoms with van der Waals surface area (Å²) >= 11 is 5.90. The molecule has 0 bridgehead atoms. The summed E-state index contributed by atoms with van der Waals surface area (Å²) in [6.45, 7) is 9.10. The Balaban J connectivity index is 3.53. The van der Waals surface area contributed by atoms with Crippen LogP contribution in [0.3, 0.4) is 0 Å². The van der Waals surface area contributed by atoms with Crippen molar-refractivity contribution in [1.29, 1.82) is 0 Å². The number of hydrogen-bond donors (Lipinski definition) is 0. The first-order valence-electron chi connectivity index (χ1n) is 5.12. The van der Waals surface area contributed by atoms with E-state index in [1.807, 2.05) is 0 Å². The summed E-state index contributed by atoms with van der Waals surface area (Å²) in [5.74, 6) is 3.20. The Bertz CT molecular complexity index is 97.2. The fourth-order valence-corrected chi connectivity index (χ4v) is 1.77. The predicted octanol–water partition coefficient (Wildman–Crippen LogP) is 4.32. The van der Waals surface area contributed by atoms with Crippen molar-refractivity contribution in [3.63, 3.8) is 0 Å². The zero-order valence-electron chi connectivity index (χ0n) is 8.94. The Morgan fingerprint density at radius 2 is 1.50 bits per heavy atom. The molecule has 12 heavy (non-hydrogen) atoms. The Morgan fingerprint density at radius 1 is 0.917 bits per heavy atom. The average Bonchev–Trinajstić information content (AvgIpc) is 1.97. The van der Waals surface area contributed by atoms with Gasteiger partial charge >= 0.3 is 0 Å². The third-order valence-electron chi connectivity index (χ3n) is 2.18. The van der Waals surface area contributed by atoms with E-state index in [0.717, 1.165) is 23.6 Å². The molecule has 0 aromatic rings. The van der Waals surface area contributed by atoms with Gasteiger partial charge in [0.15, 0.2) is 0 Å². The summed E-state index contributed by atoms with van der Waals surface area (Å²) in [5.41, 5.74) is 0. The third kappa shape index (κ3) is 6.97. The minimum Gasteiger partial charge on any atom is -0.126 e. The fourth-order valence-electron chi connectivity index (χ4n) is 1.49. The van der Waals surface area contributed by atoms with Crippen LogP contribution in [0.4, 0.5) is 0 Å². The second-order valence-electron chi connectivity index (χ2n) is 4.62. The first-order valence-corrected chi connectivity index (χ1v) is 5.65. The average molecular weight is 191 g/mol. The molecule has 0 nitrogen and oxygen atoms in total. The molecule has 0 fully saturated rings. The second-order valence-corrected chi connectivity index (χ2v) is 4.93. The Kier molecular flexibility index (Phi) is 6.93. The molecule has 1 heteroatoms. The maximum Gasteiger partial charge on any atom is 0.0251 e. The van der Waals surface area contributed by atoms with Crippen molar-refractivity contribution in [3.8, 4) is 0 Å². The first-order chi connectivity index (χ1) is 5.56. The number of alkyl halides is 1. The van der Waals surface area contributed by atoms with Gasteiger partial charge in [0.05, 0.1) is 0 Å². The van der Waals surface area contributed by atoms with Gasteiger partial charge in [-0.1, -0.05) is 34.1 Å². The predicted molar refractivity (Wildman–Crippen MR) is 57.7 cm³/mol. The molecule has 1 unspecified atom stereocenters. The lowest BCUT2D eigenvalue weighted by Gasteiger charge is -2.16. The molecular formula is C11H23Cl. The van der Waals surface area contributed by atoms with E-state index < -0.39 is 0 Å². The zero-order valence-corrected chi connectivity index (χ0v) is 9.69. The highest BCUT2D eigenvalue weighted by Gasteiger charge is 2.09. The van der Waals surface area contributed by atoms with Crippen LogP contribution in [0, 0.1) is 17.8 Å². The number of rotatable bonds is 6. The summed E-state index contributed by atoms with van der Waals surface area (Å²) < 4.78 is 0. The van der Waals surface area contributed by atoms with E-state index >= 15 is 0 Å². The molecule has 0 aliphatic carbocycles. The Hall–Kier alpha value is 0.290. The first kappa shape index (κ1) is 12.3. The van der Waals surface area contributed by atoms with Gasteiger partial charge < -0.3 is 0 Å². The summed E-state index contributed by atoms with van der Waals surface area (Å²) in [6, 6.07) is 0. The minimum atomic E-state index is 0.745. The molecule has 0 amide bonds.